The largest absolute Gasteiger partial charge is 0.334 e. The molecule has 1 atom stereocenters. The van der Waals surface area contributed by atoms with Gasteiger partial charge >= 0.3 is 0 Å². The lowest BCUT2D eigenvalue weighted by Crippen LogP contribution is -2.42. The normalized spacial score (nSPS) is 18.4. The molecule has 2 fully saturated rings. The molecular weight excluding hydrogens is 534 g/mol. The Bertz CT molecular complexity index is 1590. The Labute approximate surface area is 243 Å². The molecule has 9 nitrogen and oxygen atoms in total. The van der Waals surface area contributed by atoms with Crippen molar-refractivity contribution < 1.29 is 9.59 Å². The van der Waals surface area contributed by atoms with Crippen LogP contribution in [0.3, 0.4) is 0 Å². The van der Waals surface area contributed by atoms with E-state index in [-0.39, 0.29) is 11.8 Å². The number of aryl methyl sites for hydroxylation is 1. The Kier molecular flexibility index (Phi) is 6.88. The molecule has 0 spiro atoms. The average molecular weight is 568 g/mol. The van der Waals surface area contributed by atoms with Crippen LogP contribution in [0.25, 0.3) is 27.5 Å². The molecule has 1 N–H and O–H groups in total. The first-order valence-corrected chi connectivity index (χ1v) is 15.3. The maximum atomic E-state index is 13.6. The summed E-state index contributed by atoms with van der Waals surface area (Å²) >= 11 is 1.48. The van der Waals surface area contributed by atoms with Gasteiger partial charge < -0.3 is 15.1 Å². The number of pyridine rings is 1. The van der Waals surface area contributed by atoms with Crippen molar-refractivity contribution in [2.24, 2.45) is 0 Å². The SMILES string of the molecule is CC(=O)Nc1nc2c(s1)-c1c(c(-c3cccnc3)nn1-c1ccc(C(=O)N3CCC[C@H]3CN3CCCC3)cc1)CC2. The monoisotopic (exact) mass is 567 g/mol. The summed E-state index contributed by atoms with van der Waals surface area (Å²) in [6.07, 6.45) is 9.84. The van der Waals surface area contributed by atoms with Gasteiger partial charge in [0.25, 0.3) is 5.91 Å². The highest BCUT2D eigenvalue weighted by Crippen LogP contribution is 2.44. The minimum absolute atomic E-state index is 0.112. The highest BCUT2D eigenvalue weighted by atomic mass is 32.1. The van der Waals surface area contributed by atoms with Crippen LogP contribution in [0.5, 0.6) is 0 Å². The maximum Gasteiger partial charge on any atom is 0.254 e. The summed E-state index contributed by atoms with van der Waals surface area (Å²) in [5.41, 5.74) is 6.55. The molecule has 3 aromatic heterocycles. The van der Waals surface area contributed by atoms with Gasteiger partial charge in [-0.25, -0.2) is 9.67 Å². The number of carbonyl (C=O) groups excluding carboxylic acids is 2. The Hall–Kier alpha value is -3.89. The summed E-state index contributed by atoms with van der Waals surface area (Å²) in [6.45, 7) is 5.60. The summed E-state index contributed by atoms with van der Waals surface area (Å²) in [7, 11) is 0. The number of anilines is 1. The third kappa shape index (κ3) is 4.95. The van der Waals surface area contributed by atoms with E-state index >= 15 is 0 Å². The van der Waals surface area contributed by atoms with Crippen LogP contribution in [0.1, 0.15) is 54.2 Å². The van der Waals surface area contributed by atoms with Crippen LogP contribution in [0, 0.1) is 0 Å². The second kappa shape index (κ2) is 10.8. The molecule has 41 heavy (non-hydrogen) atoms. The van der Waals surface area contributed by atoms with Gasteiger partial charge in [0, 0.05) is 55.1 Å². The van der Waals surface area contributed by atoms with Crippen LogP contribution >= 0.6 is 11.3 Å². The molecule has 7 rings (SSSR count). The molecule has 1 aliphatic carbocycles. The number of amides is 2. The molecule has 0 radical (unpaired) electrons. The summed E-state index contributed by atoms with van der Waals surface area (Å²) in [5, 5.41) is 8.54. The fourth-order valence-corrected chi connectivity index (χ4v) is 7.58. The zero-order chi connectivity index (χ0) is 27.9. The first-order chi connectivity index (χ1) is 20.0. The Morgan fingerprint density at radius 2 is 1.88 bits per heavy atom. The number of fused-ring (bicyclic) bond motifs is 3. The number of carbonyl (C=O) groups is 2. The number of rotatable bonds is 6. The van der Waals surface area contributed by atoms with Gasteiger partial charge in [-0.05, 0) is 88.0 Å². The number of benzene rings is 1. The van der Waals surface area contributed by atoms with Crippen LogP contribution < -0.4 is 5.32 Å². The summed E-state index contributed by atoms with van der Waals surface area (Å²) in [6, 6.07) is 12.1. The quantitative estimate of drug-likeness (QED) is 0.359. The Balaban J connectivity index is 1.23. The molecule has 0 unspecified atom stereocenters. The zero-order valence-electron chi connectivity index (χ0n) is 23.2. The third-order valence-corrected chi connectivity index (χ3v) is 9.41. The van der Waals surface area contributed by atoms with E-state index in [9.17, 15) is 9.59 Å². The predicted molar refractivity (Wildman–Crippen MR) is 159 cm³/mol. The molecule has 2 aliphatic heterocycles. The molecule has 2 amide bonds. The van der Waals surface area contributed by atoms with E-state index < -0.39 is 0 Å². The zero-order valence-corrected chi connectivity index (χ0v) is 24.0. The van der Waals surface area contributed by atoms with E-state index in [0.29, 0.717) is 16.7 Å². The predicted octanol–water partition coefficient (Wildman–Crippen LogP) is 4.82. The molecule has 4 aromatic rings. The van der Waals surface area contributed by atoms with Gasteiger partial charge in [-0.15, -0.1) is 0 Å². The van der Waals surface area contributed by atoms with E-state index in [1.807, 2.05) is 47.3 Å². The lowest BCUT2D eigenvalue weighted by atomic mass is 9.95. The highest BCUT2D eigenvalue weighted by molar-refractivity contribution is 7.19. The molecular formula is C31H33N7O2S. The number of hydrogen-bond donors (Lipinski definition) is 1. The number of nitrogens with one attached hydrogen (secondary N) is 1. The van der Waals surface area contributed by atoms with Crippen LogP contribution in [-0.2, 0) is 17.6 Å². The summed E-state index contributed by atoms with van der Waals surface area (Å²) in [5.74, 6) is -0.0247. The van der Waals surface area contributed by atoms with Gasteiger partial charge in [0.1, 0.15) is 0 Å². The van der Waals surface area contributed by atoms with Crippen molar-refractivity contribution in [3.63, 3.8) is 0 Å². The lowest BCUT2D eigenvalue weighted by molar-refractivity contribution is -0.114. The summed E-state index contributed by atoms with van der Waals surface area (Å²) in [4.78, 5) is 40.0. The molecule has 210 valence electrons. The first-order valence-electron chi connectivity index (χ1n) is 14.5. The lowest BCUT2D eigenvalue weighted by Gasteiger charge is -2.28. The Morgan fingerprint density at radius 3 is 2.63 bits per heavy atom. The smallest absolute Gasteiger partial charge is 0.254 e. The fraction of sp³-hybridized carbons (Fsp3) is 0.387. The number of nitrogens with zero attached hydrogens (tertiary/aromatic N) is 6. The molecule has 3 aliphatic rings. The van der Waals surface area contributed by atoms with Gasteiger partial charge in [0.2, 0.25) is 5.91 Å². The summed E-state index contributed by atoms with van der Waals surface area (Å²) < 4.78 is 1.96. The van der Waals surface area contributed by atoms with Crippen molar-refractivity contribution >= 4 is 28.3 Å². The van der Waals surface area contributed by atoms with E-state index in [0.717, 1.165) is 90.6 Å². The number of thiazole rings is 1. The van der Waals surface area contributed by atoms with Crippen molar-refractivity contribution in [2.75, 3.05) is 31.5 Å². The average Bonchev–Trinajstić information content (AvgIpc) is 3.79. The standard InChI is InChI=1S/C31H33N7O2S/c1-20(39)33-31-34-26-13-12-25-27(22-6-4-14-32-18-22)35-38(28(25)29(26)41-31)23-10-8-21(9-11-23)30(40)37-17-5-7-24(37)19-36-15-2-3-16-36/h4,6,8-11,14,18,24H,2-3,5,7,12-13,15-17,19H2,1H3,(H,33,34,39)/t24-/m0/s1. The second-order valence-corrected chi connectivity index (χ2v) is 12.2. The van der Waals surface area contributed by atoms with E-state index in [4.69, 9.17) is 10.1 Å². The van der Waals surface area contributed by atoms with Crippen molar-refractivity contribution in [1.82, 2.24) is 29.5 Å². The van der Waals surface area contributed by atoms with Gasteiger partial charge in [0.05, 0.1) is 27.6 Å². The second-order valence-electron chi connectivity index (χ2n) is 11.2. The van der Waals surface area contributed by atoms with E-state index in [2.05, 4.69) is 20.1 Å². The minimum atomic E-state index is -0.137. The molecule has 1 aromatic carbocycles. The molecule has 0 bridgehead atoms. The molecule has 5 heterocycles. The van der Waals surface area contributed by atoms with Gasteiger partial charge in [-0.3, -0.25) is 14.6 Å². The number of aromatic nitrogens is 4. The van der Waals surface area contributed by atoms with Crippen LogP contribution in [0.2, 0.25) is 0 Å². The maximum absolute atomic E-state index is 13.6. The van der Waals surface area contributed by atoms with E-state index in [1.165, 1.54) is 31.1 Å². The first kappa shape index (κ1) is 26.0. The molecule has 10 heteroatoms. The molecule has 2 saturated heterocycles. The van der Waals surface area contributed by atoms with Crippen LogP contribution in [0.15, 0.2) is 48.8 Å². The Morgan fingerprint density at radius 1 is 1.05 bits per heavy atom. The van der Waals surface area contributed by atoms with Gasteiger partial charge in [-0.1, -0.05) is 11.3 Å². The highest BCUT2D eigenvalue weighted by Gasteiger charge is 2.32. The van der Waals surface area contributed by atoms with E-state index in [1.54, 1.807) is 6.20 Å². The van der Waals surface area contributed by atoms with Crippen molar-refractivity contribution in [3.05, 3.63) is 65.6 Å². The third-order valence-electron chi connectivity index (χ3n) is 8.39. The minimum Gasteiger partial charge on any atom is -0.334 e. The fourth-order valence-electron chi connectivity index (χ4n) is 6.46. The molecule has 0 saturated carbocycles. The van der Waals surface area contributed by atoms with Crippen molar-refractivity contribution in [2.45, 2.75) is 51.5 Å². The van der Waals surface area contributed by atoms with Gasteiger partial charge in [0.15, 0.2) is 5.13 Å². The van der Waals surface area contributed by atoms with Crippen LogP contribution in [-0.4, -0.2) is 73.6 Å². The van der Waals surface area contributed by atoms with Gasteiger partial charge in [-0.2, -0.15) is 5.10 Å². The number of hydrogen-bond acceptors (Lipinski definition) is 7. The van der Waals surface area contributed by atoms with Crippen molar-refractivity contribution in [1.29, 1.82) is 0 Å². The van der Waals surface area contributed by atoms with Crippen LogP contribution in [0.4, 0.5) is 5.13 Å². The van der Waals surface area contributed by atoms with Crippen molar-refractivity contribution in [3.8, 4) is 27.5 Å². The number of likely N-dealkylation sites (tertiary alicyclic amines) is 2. The topological polar surface area (TPSA) is 96.2 Å².